The maximum Gasteiger partial charge on any atom is 0.251 e. The van der Waals surface area contributed by atoms with Crippen LogP contribution in [0.25, 0.3) is 0 Å². The Hall–Kier alpha value is -2.87. The molecule has 1 heterocycles. The summed E-state index contributed by atoms with van der Waals surface area (Å²) < 4.78 is 28.2. The molecule has 180 valence electrons. The van der Waals surface area contributed by atoms with Crippen LogP contribution >= 0.6 is 0 Å². The lowest BCUT2D eigenvalue weighted by atomic mass is 9.75. The van der Waals surface area contributed by atoms with Crippen molar-refractivity contribution >= 4 is 11.8 Å². The Morgan fingerprint density at radius 1 is 1.18 bits per heavy atom. The number of hydrogen-bond acceptors (Lipinski definition) is 4. The number of rotatable bonds is 9. The van der Waals surface area contributed by atoms with Gasteiger partial charge in [-0.3, -0.25) is 14.6 Å². The maximum absolute atomic E-state index is 14.5. The van der Waals surface area contributed by atoms with E-state index in [0.29, 0.717) is 24.1 Å². The molecule has 0 spiro atoms. The van der Waals surface area contributed by atoms with Gasteiger partial charge in [0.25, 0.3) is 5.91 Å². The van der Waals surface area contributed by atoms with Crippen molar-refractivity contribution in [2.45, 2.75) is 52.5 Å². The maximum atomic E-state index is 14.5. The lowest BCUT2D eigenvalue weighted by molar-refractivity contribution is -0.122. The van der Waals surface area contributed by atoms with Gasteiger partial charge in [-0.1, -0.05) is 26.8 Å². The van der Waals surface area contributed by atoms with E-state index in [4.69, 9.17) is 5.73 Å². The third-order valence-corrected chi connectivity index (χ3v) is 6.05. The summed E-state index contributed by atoms with van der Waals surface area (Å²) in [4.78, 5) is 30.1. The molecule has 2 rings (SSSR count). The van der Waals surface area contributed by atoms with Crippen LogP contribution in [-0.2, 0) is 11.2 Å². The van der Waals surface area contributed by atoms with Gasteiger partial charge in [0, 0.05) is 25.2 Å². The van der Waals surface area contributed by atoms with E-state index in [-0.39, 0.29) is 35.3 Å². The van der Waals surface area contributed by atoms with E-state index < -0.39 is 17.5 Å². The van der Waals surface area contributed by atoms with Gasteiger partial charge >= 0.3 is 0 Å². The molecule has 3 N–H and O–H groups in total. The molecule has 8 heteroatoms. The predicted molar refractivity (Wildman–Crippen MR) is 125 cm³/mol. The molecule has 0 aliphatic rings. The Balaban J connectivity index is 2.11. The molecular weight excluding hydrogens is 426 g/mol. The van der Waals surface area contributed by atoms with E-state index in [9.17, 15) is 18.4 Å². The molecule has 0 aliphatic heterocycles. The molecule has 1 aromatic carbocycles. The zero-order valence-electron chi connectivity index (χ0n) is 20.2. The molecule has 0 radical (unpaired) electrons. The van der Waals surface area contributed by atoms with Gasteiger partial charge in [0.2, 0.25) is 5.91 Å². The van der Waals surface area contributed by atoms with Crippen molar-refractivity contribution in [1.29, 1.82) is 0 Å². The molecule has 0 aliphatic carbocycles. The Kier molecular flexibility index (Phi) is 8.66. The number of nitrogens with two attached hydrogens (primary N) is 1. The number of aromatic nitrogens is 1. The van der Waals surface area contributed by atoms with Gasteiger partial charge in [0.05, 0.1) is 11.8 Å². The van der Waals surface area contributed by atoms with Crippen LogP contribution in [0, 0.1) is 24.0 Å². The van der Waals surface area contributed by atoms with Crippen LogP contribution in [0.15, 0.2) is 30.6 Å². The quantitative estimate of drug-likeness (QED) is 0.599. The van der Waals surface area contributed by atoms with Gasteiger partial charge in [-0.25, -0.2) is 8.78 Å². The van der Waals surface area contributed by atoms with Gasteiger partial charge in [-0.2, -0.15) is 0 Å². The summed E-state index contributed by atoms with van der Waals surface area (Å²) in [5.74, 6) is -2.22. The lowest BCUT2D eigenvalue weighted by Gasteiger charge is -2.31. The van der Waals surface area contributed by atoms with Crippen molar-refractivity contribution in [1.82, 2.24) is 15.2 Å². The van der Waals surface area contributed by atoms with Gasteiger partial charge in [0.1, 0.15) is 11.6 Å². The van der Waals surface area contributed by atoms with Crippen molar-refractivity contribution in [2.24, 2.45) is 11.1 Å². The number of hydrogen-bond donors (Lipinski definition) is 2. The van der Waals surface area contributed by atoms with Crippen molar-refractivity contribution in [2.75, 3.05) is 20.6 Å². The van der Waals surface area contributed by atoms with E-state index >= 15 is 0 Å². The predicted octanol–water partition coefficient (Wildman–Crippen LogP) is 3.58. The van der Waals surface area contributed by atoms with Crippen LogP contribution in [0.1, 0.15) is 60.2 Å². The first kappa shape index (κ1) is 26.4. The fourth-order valence-corrected chi connectivity index (χ4v) is 3.86. The van der Waals surface area contributed by atoms with Gasteiger partial charge in [-0.15, -0.1) is 0 Å². The van der Waals surface area contributed by atoms with E-state index in [1.807, 2.05) is 39.8 Å². The van der Waals surface area contributed by atoms with E-state index in [2.05, 4.69) is 10.3 Å². The summed E-state index contributed by atoms with van der Waals surface area (Å²) in [5, 5.41) is 2.97. The minimum atomic E-state index is -0.805. The average molecular weight is 461 g/mol. The third kappa shape index (κ3) is 7.05. The Labute approximate surface area is 194 Å². The van der Waals surface area contributed by atoms with Gasteiger partial charge < -0.3 is 16.0 Å². The number of benzene rings is 1. The van der Waals surface area contributed by atoms with Gasteiger partial charge in [0.15, 0.2) is 0 Å². The molecule has 6 nitrogen and oxygen atoms in total. The van der Waals surface area contributed by atoms with Crippen LogP contribution < -0.4 is 11.1 Å². The number of likely N-dealkylation sites (N-methyl/N-ethyl adjacent to an activating group) is 1. The molecule has 0 saturated heterocycles. The van der Waals surface area contributed by atoms with Crippen LogP contribution in [0.4, 0.5) is 8.78 Å². The smallest absolute Gasteiger partial charge is 0.251 e. The summed E-state index contributed by atoms with van der Waals surface area (Å²) in [5.41, 5.74) is 6.61. The van der Waals surface area contributed by atoms with E-state index in [1.54, 1.807) is 19.2 Å². The first-order chi connectivity index (χ1) is 15.3. The molecule has 0 saturated carbocycles. The number of halogens is 2. The lowest BCUT2D eigenvalue weighted by Crippen LogP contribution is -2.42. The summed E-state index contributed by atoms with van der Waals surface area (Å²) in [6.07, 6.45) is 3.41. The second kappa shape index (κ2) is 10.8. The van der Waals surface area contributed by atoms with E-state index in [0.717, 1.165) is 11.8 Å². The molecule has 0 fully saturated rings. The molecule has 33 heavy (non-hydrogen) atoms. The average Bonchev–Trinajstić information content (AvgIpc) is 2.70. The Morgan fingerprint density at radius 2 is 1.85 bits per heavy atom. The van der Waals surface area contributed by atoms with Crippen molar-refractivity contribution in [3.05, 3.63) is 64.5 Å². The zero-order valence-corrected chi connectivity index (χ0v) is 20.2. The second-order valence-electron chi connectivity index (χ2n) is 9.76. The number of nitrogens with one attached hydrogen (secondary N) is 1. The third-order valence-electron chi connectivity index (χ3n) is 6.05. The zero-order chi connectivity index (χ0) is 24.9. The summed E-state index contributed by atoms with van der Waals surface area (Å²) in [7, 11) is 3.77. The number of pyridine rings is 1. The normalized spacial score (nSPS) is 13.6. The summed E-state index contributed by atoms with van der Waals surface area (Å²) in [6.45, 7) is 7.98. The fraction of sp³-hybridized carbons (Fsp3) is 0.480. The highest BCUT2D eigenvalue weighted by molar-refractivity contribution is 5.93. The molecular formula is C25H34F2N4O2. The summed E-state index contributed by atoms with van der Waals surface area (Å²) in [6, 6.07) is 4.41. The molecule has 2 amide bonds. The minimum Gasteiger partial charge on any atom is -0.366 e. The van der Waals surface area contributed by atoms with E-state index in [1.165, 1.54) is 12.1 Å². The van der Waals surface area contributed by atoms with Crippen molar-refractivity contribution in [3.8, 4) is 0 Å². The molecule has 2 aromatic rings. The largest absolute Gasteiger partial charge is 0.366 e. The van der Waals surface area contributed by atoms with Crippen LogP contribution in [0.3, 0.4) is 0 Å². The topological polar surface area (TPSA) is 88.3 Å². The monoisotopic (exact) mass is 460 g/mol. The van der Waals surface area contributed by atoms with Crippen molar-refractivity contribution in [3.63, 3.8) is 0 Å². The van der Waals surface area contributed by atoms with Gasteiger partial charge in [-0.05, 0) is 67.6 Å². The number of carbonyl (C=O) groups excluding carboxylic acids is 2. The van der Waals surface area contributed by atoms with Crippen molar-refractivity contribution < 1.29 is 18.4 Å². The highest BCUT2D eigenvalue weighted by Gasteiger charge is 2.29. The number of nitrogens with zero attached hydrogens (tertiary/aromatic N) is 2. The molecule has 1 aromatic heterocycles. The SMILES string of the molecule is Cc1c(C[C@@H](CNC(=O)C[C@H](c2cncc(F)c2)C(C)(C)C)N(C)C)ccc(C(N)=O)c1F. The van der Waals surface area contributed by atoms with Crippen LogP contribution in [0.5, 0.6) is 0 Å². The Morgan fingerprint density at radius 3 is 2.39 bits per heavy atom. The standard InChI is InChI=1S/C25H34F2N4O2/c1-15-16(7-8-20(23(15)27)24(28)33)10-19(31(5)6)14-30-22(32)11-21(25(2,3)4)17-9-18(26)13-29-12-17/h7-9,12-13,19,21H,10-11,14H2,1-6H3,(H2,28,33)(H,30,32)/t19-,21+/m0/s1. The number of amides is 2. The molecule has 2 atom stereocenters. The molecule has 0 unspecified atom stereocenters. The number of carbonyl (C=O) groups is 2. The minimum absolute atomic E-state index is 0.101. The second-order valence-corrected chi connectivity index (χ2v) is 9.76. The van der Waals surface area contributed by atoms with Crippen LogP contribution in [-0.4, -0.2) is 48.4 Å². The Bertz CT molecular complexity index is 1000. The first-order valence-electron chi connectivity index (χ1n) is 10.9. The van der Waals surface area contributed by atoms with Crippen LogP contribution in [0.2, 0.25) is 0 Å². The highest BCUT2D eigenvalue weighted by Crippen LogP contribution is 2.37. The first-order valence-corrected chi connectivity index (χ1v) is 10.9. The fourth-order valence-electron chi connectivity index (χ4n) is 3.86. The summed E-state index contributed by atoms with van der Waals surface area (Å²) >= 11 is 0. The number of primary amides is 1. The highest BCUT2D eigenvalue weighted by atomic mass is 19.1. The molecule has 0 bridgehead atoms.